The number of aryl methyl sites for hydroxylation is 1. The van der Waals surface area contributed by atoms with Crippen LogP contribution in [0.3, 0.4) is 0 Å². The molecule has 0 spiro atoms. The molecule has 2 aromatic heterocycles. The lowest BCUT2D eigenvalue weighted by Crippen LogP contribution is -2.08. The van der Waals surface area contributed by atoms with Crippen LogP contribution in [0.25, 0.3) is 22.6 Å². The van der Waals surface area contributed by atoms with Crippen LogP contribution < -0.4 is 10.1 Å². The van der Waals surface area contributed by atoms with Gasteiger partial charge in [-0.15, -0.1) is 11.3 Å². The Balaban J connectivity index is 1.67. The average molecular weight is 407 g/mol. The summed E-state index contributed by atoms with van der Waals surface area (Å²) >= 11 is 1.48. The van der Waals surface area contributed by atoms with Crippen molar-refractivity contribution in [3.63, 3.8) is 0 Å². The van der Waals surface area contributed by atoms with Gasteiger partial charge in [-0.3, -0.25) is 4.79 Å². The van der Waals surface area contributed by atoms with Gasteiger partial charge in [-0.25, -0.2) is 9.97 Å². The third-order valence-electron chi connectivity index (χ3n) is 4.51. The van der Waals surface area contributed by atoms with Gasteiger partial charge in [0.25, 0.3) is 0 Å². The lowest BCUT2D eigenvalue weighted by Gasteiger charge is -2.15. The first-order chi connectivity index (χ1) is 13.9. The van der Waals surface area contributed by atoms with E-state index in [9.17, 15) is 4.79 Å². The van der Waals surface area contributed by atoms with E-state index in [-0.39, 0.29) is 11.9 Å². The van der Waals surface area contributed by atoms with Crippen molar-refractivity contribution in [1.29, 1.82) is 0 Å². The third-order valence-corrected chi connectivity index (χ3v) is 5.27. The molecule has 2 heterocycles. The van der Waals surface area contributed by atoms with E-state index in [1.807, 2.05) is 61.2 Å². The van der Waals surface area contributed by atoms with Crippen molar-refractivity contribution >= 4 is 39.0 Å². The number of ether oxygens (including phenoxy) is 1. The molecule has 29 heavy (non-hydrogen) atoms. The van der Waals surface area contributed by atoms with Crippen molar-refractivity contribution in [2.45, 2.75) is 26.9 Å². The number of nitrogens with zero attached hydrogens (tertiary/aromatic N) is 3. The fourth-order valence-corrected chi connectivity index (χ4v) is 3.83. The van der Waals surface area contributed by atoms with Gasteiger partial charge in [0.05, 0.1) is 22.8 Å². The zero-order chi connectivity index (χ0) is 20.5. The van der Waals surface area contributed by atoms with Gasteiger partial charge in [-0.05, 0) is 51.1 Å². The molecule has 0 aliphatic heterocycles. The van der Waals surface area contributed by atoms with Crippen LogP contribution in [0.15, 0.2) is 47.8 Å². The molecule has 0 aliphatic carbocycles. The van der Waals surface area contributed by atoms with Crippen LogP contribution in [0.4, 0.5) is 10.8 Å². The minimum Gasteiger partial charge on any atom is -0.489 e. The zero-order valence-corrected chi connectivity index (χ0v) is 17.6. The first-order valence-corrected chi connectivity index (χ1v) is 10.3. The molecule has 0 atom stereocenters. The monoisotopic (exact) mass is 406 g/mol. The number of rotatable bonds is 6. The number of anilines is 2. The maximum absolute atomic E-state index is 11.8. The Morgan fingerprint density at radius 1 is 1.17 bits per heavy atom. The highest BCUT2D eigenvalue weighted by atomic mass is 32.1. The van der Waals surface area contributed by atoms with E-state index in [4.69, 9.17) is 14.7 Å². The molecular weight excluding hydrogens is 384 g/mol. The first-order valence-electron chi connectivity index (χ1n) is 9.38. The van der Waals surface area contributed by atoms with E-state index in [1.54, 1.807) is 19.1 Å². The summed E-state index contributed by atoms with van der Waals surface area (Å²) in [5.74, 6) is 1.50. The van der Waals surface area contributed by atoms with Crippen LogP contribution in [0.5, 0.6) is 5.75 Å². The first kappa shape index (κ1) is 19.1. The number of hydrogen-bond acceptors (Lipinski definition) is 6. The van der Waals surface area contributed by atoms with Gasteiger partial charge in [0.1, 0.15) is 11.4 Å². The predicted octanol–water partition coefficient (Wildman–Crippen LogP) is 5.43. The molecule has 0 saturated heterocycles. The summed E-state index contributed by atoms with van der Waals surface area (Å²) in [4.78, 5) is 21.2. The van der Waals surface area contributed by atoms with E-state index in [2.05, 4.69) is 5.32 Å². The number of fused-ring (bicyclic) bond motifs is 1. The number of carbonyl (C=O) groups excluding carboxylic acids is 1. The molecule has 6 nitrogen and oxygen atoms in total. The smallest absolute Gasteiger partial charge is 0.187 e. The molecule has 148 valence electrons. The fraction of sp³-hybridized carbons (Fsp3) is 0.227. The molecule has 1 N–H and O–H groups in total. The number of para-hydroxylation sites is 2. The molecule has 4 aromatic rings. The quantitative estimate of drug-likeness (QED) is 0.432. The van der Waals surface area contributed by atoms with Crippen molar-refractivity contribution in [2.75, 3.05) is 5.32 Å². The number of thiazole rings is 1. The van der Waals surface area contributed by atoms with Gasteiger partial charge in [0.2, 0.25) is 0 Å². The van der Waals surface area contributed by atoms with E-state index in [1.165, 1.54) is 11.3 Å². The SMILES string of the molecule is CC(=O)c1ccc(OC(C)C)c(Nc2nc(-c3nc4ccccc4n3C)cs2)c1. The predicted molar refractivity (Wildman–Crippen MR) is 117 cm³/mol. The Morgan fingerprint density at radius 2 is 1.97 bits per heavy atom. The molecule has 0 unspecified atom stereocenters. The second kappa shape index (κ2) is 7.67. The number of hydrogen-bond donors (Lipinski definition) is 1. The highest BCUT2D eigenvalue weighted by molar-refractivity contribution is 7.14. The maximum atomic E-state index is 11.8. The summed E-state index contributed by atoms with van der Waals surface area (Å²) in [5.41, 5.74) is 4.14. The molecule has 0 saturated carbocycles. The highest BCUT2D eigenvalue weighted by Gasteiger charge is 2.15. The third kappa shape index (κ3) is 3.86. The largest absolute Gasteiger partial charge is 0.489 e. The molecule has 0 fully saturated rings. The lowest BCUT2D eigenvalue weighted by molar-refractivity contribution is 0.101. The van der Waals surface area contributed by atoms with Gasteiger partial charge >= 0.3 is 0 Å². The molecule has 4 rings (SSSR count). The summed E-state index contributed by atoms with van der Waals surface area (Å²) in [7, 11) is 1.99. The maximum Gasteiger partial charge on any atom is 0.187 e. The van der Waals surface area contributed by atoms with E-state index >= 15 is 0 Å². The summed E-state index contributed by atoms with van der Waals surface area (Å²) in [5, 5.41) is 5.99. The van der Waals surface area contributed by atoms with E-state index in [0.29, 0.717) is 16.4 Å². The summed E-state index contributed by atoms with van der Waals surface area (Å²) < 4.78 is 7.93. The van der Waals surface area contributed by atoms with E-state index in [0.717, 1.165) is 28.2 Å². The number of Topliss-reactive ketones (excluding diaryl/α,β-unsaturated/α-hetero) is 1. The molecule has 0 radical (unpaired) electrons. The van der Waals surface area contributed by atoms with Crippen molar-refractivity contribution in [3.05, 3.63) is 53.4 Å². The second-order valence-corrected chi connectivity index (χ2v) is 7.94. The molecule has 7 heteroatoms. The standard InChI is InChI=1S/C22H22N4O2S/c1-13(2)28-20-10-9-15(14(3)27)11-17(20)24-22-25-18(12-29-22)21-23-16-7-5-6-8-19(16)26(21)4/h5-13H,1-4H3,(H,24,25). The zero-order valence-electron chi connectivity index (χ0n) is 16.8. The summed E-state index contributed by atoms with van der Waals surface area (Å²) in [6.07, 6.45) is 0.0191. The van der Waals surface area contributed by atoms with Crippen molar-refractivity contribution in [3.8, 4) is 17.3 Å². The molecular formula is C22H22N4O2S. The van der Waals surface area contributed by atoms with Crippen LogP contribution >= 0.6 is 11.3 Å². The van der Waals surface area contributed by atoms with Crippen LogP contribution in [0.2, 0.25) is 0 Å². The summed E-state index contributed by atoms with van der Waals surface area (Å²) in [6, 6.07) is 13.4. The number of benzene rings is 2. The number of nitrogens with one attached hydrogen (secondary N) is 1. The van der Waals surface area contributed by atoms with Crippen molar-refractivity contribution in [1.82, 2.24) is 14.5 Å². The van der Waals surface area contributed by atoms with Crippen LogP contribution in [-0.2, 0) is 7.05 Å². The van der Waals surface area contributed by atoms with Gasteiger partial charge < -0.3 is 14.6 Å². The average Bonchev–Trinajstić information content (AvgIpc) is 3.27. The topological polar surface area (TPSA) is 69.0 Å². The van der Waals surface area contributed by atoms with Crippen molar-refractivity contribution in [2.24, 2.45) is 7.05 Å². The van der Waals surface area contributed by atoms with Crippen LogP contribution in [-0.4, -0.2) is 26.4 Å². The molecule has 0 bridgehead atoms. The Labute approximate surface area is 173 Å². The Bertz CT molecular complexity index is 1190. The lowest BCUT2D eigenvalue weighted by atomic mass is 10.1. The minimum absolute atomic E-state index is 0.00340. The van der Waals surface area contributed by atoms with Crippen LogP contribution in [0, 0.1) is 0 Å². The number of ketones is 1. The number of aromatic nitrogens is 3. The van der Waals surface area contributed by atoms with Gasteiger partial charge in [-0.1, -0.05) is 12.1 Å². The second-order valence-electron chi connectivity index (χ2n) is 7.08. The van der Waals surface area contributed by atoms with E-state index < -0.39 is 0 Å². The fourth-order valence-electron chi connectivity index (χ4n) is 3.13. The van der Waals surface area contributed by atoms with Gasteiger partial charge in [0, 0.05) is 18.0 Å². The molecule has 2 aromatic carbocycles. The van der Waals surface area contributed by atoms with Gasteiger partial charge in [0.15, 0.2) is 16.7 Å². The molecule has 0 amide bonds. The Kier molecular flexibility index (Phi) is 5.07. The Morgan fingerprint density at radius 3 is 2.69 bits per heavy atom. The van der Waals surface area contributed by atoms with Crippen molar-refractivity contribution < 1.29 is 9.53 Å². The van der Waals surface area contributed by atoms with Crippen LogP contribution in [0.1, 0.15) is 31.1 Å². The normalized spacial score (nSPS) is 11.2. The van der Waals surface area contributed by atoms with Gasteiger partial charge in [-0.2, -0.15) is 0 Å². The number of carbonyl (C=O) groups is 1. The minimum atomic E-state index is 0.00340. The summed E-state index contributed by atoms with van der Waals surface area (Å²) in [6.45, 7) is 5.49. The number of imidazole rings is 1. The molecule has 0 aliphatic rings. The Hall–Kier alpha value is -3.19. The highest BCUT2D eigenvalue weighted by Crippen LogP contribution is 2.33.